The van der Waals surface area contributed by atoms with Crippen LogP contribution in [-0.2, 0) is 20.9 Å². The minimum atomic E-state index is -1.37. The molecule has 1 aromatic rings. The van der Waals surface area contributed by atoms with E-state index in [0.29, 0.717) is 0 Å². The molecule has 1 amide bonds. The van der Waals surface area contributed by atoms with Crippen LogP contribution in [0.2, 0.25) is 0 Å². The van der Waals surface area contributed by atoms with E-state index in [1.54, 1.807) is 0 Å². The predicted molar refractivity (Wildman–Crippen MR) is 48.8 cm³/mol. The molecule has 1 atom stereocenters. The summed E-state index contributed by atoms with van der Waals surface area (Å²) < 4.78 is 5.48. The number of nitrogens with zero attached hydrogens (tertiary/aromatic N) is 4. The quantitative estimate of drug-likeness (QED) is 0.528. The highest BCUT2D eigenvalue weighted by Gasteiger charge is 2.16. The van der Waals surface area contributed by atoms with Gasteiger partial charge in [-0.25, -0.2) is 9.48 Å². The molecule has 0 bridgehead atoms. The van der Waals surface area contributed by atoms with Gasteiger partial charge in [-0.2, -0.15) is 0 Å². The summed E-state index contributed by atoms with van der Waals surface area (Å²) in [6.45, 7) is -0.297. The van der Waals surface area contributed by atoms with Gasteiger partial charge in [-0.3, -0.25) is 4.79 Å². The molecule has 1 unspecified atom stereocenters. The molecular formula is C7H11N5O4. The Balaban J connectivity index is 2.28. The first-order chi connectivity index (χ1) is 7.63. The number of hydrogen-bond donors (Lipinski definition) is 2. The topological polar surface area (TPSA) is 119 Å². The van der Waals surface area contributed by atoms with Gasteiger partial charge in [0, 0.05) is 0 Å². The number of methoxy groups -OCH3 is 1. The van der Waals surface area contributed by atoms with E-state index in [-0.39, 0.29) is 13.1 Å². The van der Waals surface area contributed by atoms with Crippen LogP contribution in [0.15, 0.2) is 6.33 Å². The molecule has 0 aliphatic heterocycles. The van der Waals surface area contributed by atoms with Crippen LogP contribution in [-0.4, -0.2) is 56.9 Å². The number of carbonyl (C=O) groups excluding carboxylic acids is 2. The van der Waals surface area contributed by atoms with Gasteiger partial charge in [0.05, 0.1) is 13.7 Å². The molecule has 0 radical (unpaired) electrons. The highest BCUT2D eigenvalue weighted by molar-refractivity contribution is 5.78. The lowest BCUT2D eigenvalue weighted by Crippen LogP contribution is -2.38. The number of nitrogens with one attached hydrogen (secondary N) is 1. The molecule has 0 aliphatic rings. The molecule has 16 heavy (non-hydrogen) atoms. The van der Waals surface area contributed by atoms with Crippen molar-refractivity contribution in [2.75, 3.05) is 13.7 Å². The number of ether oxygens (including phenoxy) is 1. The number of esters is 1. The number of aliphatic hydroxyl groups excluding tert-OH is 1. The summed E-state index contributed by atoms with van der Waals surface area (Å²) in [4.78, 5) is 22.0. The maximum absolute atomic E-state index is 11.2. The minimum absolute atomic E-state index is 0.0824. The van der Waals surface area contributed by atoms with Crippen molar-refractivity contribution in [1.82, 2.24) is 25.5 Å². The molecule has 9 nitrogen and oxygen atoms in total. The van der Waals surface area contributed by atoms with Gasteiger partial charge in [-0.1, -0.05) is 0 Å². The molecular weight excluding hydrogens is 218 g/mol. The van der Waals surface area contributed by atoms with Crippen molar-refractivity contribution < 1.29 is 19.4 Å². The standard InChI is InChI=1S/C7H11N5O4/c1-16-7(15)5(13)2-8-6(14)3-12-4-9-10-11-12/h4-5,13H,2-3H2,1H3,(H,8,14). The van der Waals surface area contributed by atoms with Crippen molar-refractivity contribution in [3.8, 4) is 0 Å². The molecule has 1 aromatic heterocycles. The van der Waals surface area contributed by atoms with E-state index in [1.807, 2.05) is 0 Å². The summed E-state index contributed by atoms with van der Waals surface area (Å²) in [6, 6.07) is 0. The zero-order valence-electron chi connectivity index (χ0n) is 8.53. The van der Waals surface area contributed by atoms with Crippen molar-refractivity contribution in [2.24, 2.45) is 0 Å². The molecule has 0 aliphatic carbocycles. The first-order valence-electron chi connectivity index (χ1n) is 4.37. The van der Waals surface area contributed by atoms with E-state index in [0.717, 1.165) is 7.11 Å². The molecule has 0 spiro atoms. The van der Waals surface area contributed by atoms with Crippen LogP contribution in [0.5, 0.6) is 0 Å². The molecule has 2 N–H and O–H groups in total. The summed E-state index contributed by atoms with van der Waals surface area (Å²) in [5.41, 5.74) is 0. The predicted octanol–water partition coefficient (Wildman–Crippen LogP) is -2.68. The fourth-order valence-corrected chi connectivity index (χ4v) is 0.886. The lowest BCUT2D eigenvalue weighted by Gasteiger charge is -2.09. The number of hydrogen-bond acceptors (Lipinski definition) is 7. The third-order valence-corrected chi connectivity index (χ3v) is 1.66. The van der Waals surface area contributed by atoms with Gasteiger partial charge in [0.1, 0.15) is 12.9 Å². The zero-order chi connectivity index (χ0) is 12.0. The molecule has 9 heteroatoms. The second-order valence-electron chi connectivity index (χ2n) is 2.85. The number of aromatic nitrogens is 4. The Hall–Kier alpha value is -2.03. The second kappa shape index (κ2) is 5.75. The monoisotopic (exact) mass is 229 g/mol. The zero-order valence-corrected chi connectivity index (χ0v) is 8.53. The van der Waals surface area contributed by atoms with E-state index in [1.165, 1.54) is 11.0 Å². The van der Waals surface area contributed by atoms with Gasteiger partial charge in [0.2, 0.25) is 5.91 Å². The van der Waals surface area contributed by atoms with Gasteiger partial charge in [0.15, 0.2) is 6.10 Å². The van der Waals surface area contributed by atoms with E-state index in [4.69, 9.17) is 5.11 Å². The lowest BCUT2D eigenvalue weighted by atomic mass is 10.3. The molecule has 0 aromatic carbocycles. The van der Waals surface area contributed by atoms with Crippen molar-refractivity contribution >= 4 is 11.9 Å². The first-order valence-corrected chi connectivity index (χ1v) is 4.37. The van der Waals surface area contributed by atoms with E-state index in [2.05, 4.69) is 25.6 Å². The minimum Gasteiger partial charge on any atom is -0.467 e. The summed E-state index contributed by atoms with van der Waals surface area (Å²) in [5.74, 6) is -1.22. The highest BCUT2D eigenvalue weighted by Crippen LogP contribution is 1.85. The second-order valence-corrected chi connectivity index (χ2v) is 2.85. The van der Waals surface area contributed by atoms with E-state index >= 15 is 0 Å². The Morgan fingerprint density at radius 1 is 1.62 bits per heavy atom. The summed E-state index contributed by atoms with van der Waals surface area (Å²) in [6.07, 6.45) is -0.0983. The van der Waals surface area contributed by atoms with Gasteiger partial charge >= 0.3 is 5.97 Å². The Kier molecular flexibility index (Phi) is 4.33. The molecule has 0 fully saturated rings. The molecule has 88 valence electrons. The molecule has 1 heterocycles. The Morgan fingerprint density at radius 2 is 2.38 bits per heavy atom. The van der Waals surface area contributed by atoms with Crippen LogP contribution < -0.4 is 5.32 Å². The number of amides is 1. The molecule has 1 rings (SSSR count). The first kappa shape index (κ1) is 12.0. The molecule has 0 saturated heterocycles. The van der Waals surface area contributed by atoms with Crippen LogP contribution in [0.3, 0.4) is 0 Å². The fraction of sp³-hybridized carbons (Fsp3) is 0.571. The van der Waals surface area contributed by atoms with Gasteiger partial charge in [-0.05, 0) is 10.4 Å². The van der Waals surface area contributed by atoms with E-state index < -0.39 is 18.0 Å². The highest BCUT2D eigenvalue weighted by atomic mass is 16.5. The Morgan fingerprint density at radius 3 is 2.94 bits per heavy atom. The van der Waals surface area contributed by atoms with Crippen LogP contribution >= 0.6 is 0 Å². The SMILES string of the molecule is COC(=O)C(O)CNC(=O)Cn1cnnn1. The van der Waals surface area contributed by atoms with Crippen LogP contribution in [0.1, 0.15) is 0 Å². The average molecular weight is 229 g/mol. The van der Waals surface area contributed by atoms with Crippen LogP contribution in [0, 0.1) is 0 Å². The maximum Gasteiger partial charge on any atom is 0.336 e. The largest absolute Gasteiger partial charge is 0.467 e. The van der Waals surface area contributed by atoms with Crippen molar-refractivity contribution in [1.29, 1.82) is 0 Å². The third-order valence-electron chi connectivity index (χ3n) is 1.66. The number of carbonyl (C=O) groups is 2. The normalized spacial score (nSPS) is 11.9. The maximum atomic E-state index is 11.2. The Bertz CT molecular complexity index is 352. The summed E-state index contributed by atoms with van der Waals surface area (Å²) in [7, 11) is 1.15. The smallest absolute Gasteiger partial charge is 0.336 e. The van der Waals surface area contributed by atoms with Gasteiger partial charge in [0.25, 0.3) is 0 Å². The van der Waals surface area contributed by atoms with E-state index in [9.17, 15) is 9.59 Å². The van der Waals surface area contributed by atoms with Gasteiger partial charge < -0.3 is 15.2 Å². The average Bonchev–Trinajstić information content (AvgIpc) is 2.77. The van der Waals surface area contributed by atoms with Crippen molar-refractivity contribution in [3.63, 3.8) is 0 Å². The van der Waals surface area contributed by atoms with Crippen LogP contribution in [0.4, 0.5) is 0 Å². The summed E-state index contributed by atoms with van der Waals surface area (Å²) >= 11 is 0. The fourth-order valence-electron chi connectivity index (χ4n) is 0.886. The van der Waals surface area contributed by atoms with Crippen molar-refractivity contribution in [3.05, 3.63) is 6.33 Å². The lowest BCUT2D eigenvalue weighted by molar-refractivity contribution is -0.150. The number of rotatable bonds is 5. The third kappa shape index (κ3) is 3.61. The molecule has 0 saturated carbocycles. The summed E-state index contributed by atoms with van der Waals surface area (Å²) in [5, 5.41) is 21.6. The number of aliphatic hydroxyl groups is 1. The van der Waals surface area contributed by atoms with Gasteiger partial charge in [-0.15, -0.1) is 5.10 Å². The Labute approximate surface area is 90.4 Å². The van der Waals surface area contributed by atoms with Crippen molar-refractivity contribution in [2.45, 2.75) is 12.6 Å². The number of tetrazole rings is 1. The van der Waals surface area contributed by atoms with Crippen LogP contribution in [0.25, 0.3) is 0 Å².